The lowest BCUT2D eigenvalue weighted by atomic mass is 9.98. The standard InChI is InChI=1S/C27H30O5/c1-20-24(29-17-21-11-5-2-6-12-21)25(30-18-22-13-7-3-8-14-22)26(27(28)32-20)31-19-23-15-9-4-10-16-23/h2-16,20,24-28H,17-19H2,1H3/t20-,24-,25+,26+,27-/m0/s1. The largest absolute Gasteiger partial charge is 0.368 e. The molecule has 1 fully saturated rings. The molecule has 1 N–H and O–H groups in total. The van der Waals surface area contributed by atoms with Crippen molar-refractivity contribution in [1.82, 2.24) is 0 Å². The van der Waals surface area contributed by atoms with E-state index in [0.29, 0.717) is 19.8 Å². The van der Waals surface area contributed by atoms with Crippen LogP contribution in [0.1, 0.15) is 23.6 Å². The third-order valence-corrected chi connectivity index (χ3v) is 5.60. The Hall–Kier alpha value is -2.54. The van der Waals surface area contributed by atoms with E-state index >= 15 is 0 Å². The molecule has 0 unspecified atom stereocenters. The monoisotopic (exact) mass is 434 g/mol. The van der Waals surface area contributed by atoms with Gasteiger partial charge in [0.1, 0.15) is 18.3 Å². The van der Waals surface area contributed by atoms with Gasteiger partial charge in [0.2, 0.25) is 0 Å². The summed E-state index contributed by atoms with van der Waals surface area (Å²) < 4.78 is 24.5. The van der Waals surface area contributed by atoms with Crippen molar-refractivity contribution in [3.8, 4) is 0 Å². The first-order chi connectivity index (χ1) is 15.7. The van der Waals surface area contributed by atoms with E-state index < -0.39 is 24.6 Å². The lowest BCUT2D eigenvalue weighted by Gasteiger charge is -2.43. The van der Waals surface area contributed by atoms with E-state index in [-0.39, 0.29) is 6.10 Å². The first kappa shape index (κ1) is 22.6. The molecule has 1 aliphatic heterocycles. The smallest absolute Gasteiger partial charge is 0.184 e. The summed E-state index contributed by atoms with van der Waals surface area (Å²) in [5.74, 6) is 0. The van der Waals surface area contributed by atoms with Crippen LogP contribution < -0.4 is 0 Å². The van der Waals surface area contributed by atoms with E-state index in [1.165, 1.54) is 0 Å². The summed E-state index contributed by atoms with van der Waals surface area (Å²) in [6.07, 6.45) is -3.04. The second-order valence-corrected chi connectivity index (χ2v) is 8.02. The lowest BCUT2D eigenvalue weighted by Crippen LogP contribution is -2.59. The minimum atomic E-state index is -1.11. The van der Waals surface area contributed by atoms with Gasteiger partial charge >= 0.3 is 0 Å². The highest BCUT2D eigenvalue weighted by molar-refractivity contribution is 5.15. The van der Waals surface area contributed by atoms with Crippen molar-refractivity contribution in [2.75, 3.05) is 0 Å². The van der Waals surface area contributed by atoms with E-state index in [4.69, 9.17) is 18.9 Å². The zero-order chi connectivity index (χ0) is 22.2. The number of benzene rings is 3. The van der Waals surface area contributed by atoms with Gasteiger partial charge in [-0.05, 0) is 23.6 Å². The van der Waals surface area contributed by atoms with Crippen LogP contribution in [-0.4, -0.2) is 35.8 Å². The molecule has 5 nitrogen and oxygen atoms in total. The minimum Gasteiger partial charge on any atom is -0.368 e. The van der Waals surface area contributed by atoms with E-state index in [2.05, 4.69) is 0 Å². The molecule has 32 heavy (non-hydrogen) atoms. The van der Waals surface area contributed by atoms with E-state index in [9.17, 15) is 5.11 Å². The predicted octanol–water partition coefficient (Wildman–Crippen LogP) is 4.48. The Kier molecular flexibility index (Phi) is 8.04. The minimum absolute atomic E-state index is 0.344. The molecule has 3 aromatic carbocycles. The topological polar surface area (TPSA) is 57.2 Å². The zero-order valence-electron chi connectivity index (χ0n) is 18.2. The second kappa shape index (κ2) is 11.4. The van der Waals surface area contributed by atoms with Gasteiger partial charge in [0, 0.05) is 0 Å². The van der Waals surface area contributed by atoms with Crippen molar-refractivity contribution in [3.63, 3.8) is 0 Å². The molecule has 4 rings (SSSR count). The van der Waals surface area contributed by atoms with Gasteiger partial charge in [-0.25, -0.2) is 0 Å². The van der Waals surface area contributed by atoms with Gasteiger partial charge in [0.15, 0.2) is 6.29 Å². The number of hydrogen-bond donors (Lipinski definition) is 1. The summed E-state index contributed by atoms with van der Waals surface area (Å²) in [6, 6.07) is 29.8. The average molecular weight is 435 g/mol. The summed E-state index contributed by atoms with van der Waals surface area (Å²) in [4.78, 5) is 0. The lowest BCUT2D eigenvalue weighted by molar-refractivity contribution is -0.308. The number of ether oxygens (including phenoxy) is 4. The third kappa shape index (κ3) is 6.03. The molecule has 168 valence electrons. The van der Waals surface area contributed by atoms with Crippen LogP contribution in [0.3, 0.4) is 0 Å². The van der Waals surface area contributed by atoms with E-state index in [1.807, 2.05) is 97.9 Å². The molecule has 0 amide bonds. The van der Waals surface area contributed by atoms with Gasteiger partial charge < -0.3 is 24.1 Å². The Balaban J connectivity index is 1.50. The molecule has 1 aliphatic rings. The van der Waals surface area contributed by atoms with Crippen LogP contribution in [-0.2, 0) is 38.8 Å². The summed E-state index contributed by atoms with van der Waals surface area (Å²) in [6.45, 7) is 3.05. The molecule has 0 aromatic heterocycles. The molecule has 5 heteroatoms. The quantitative estimate of drug-likeness (QED) is 0.538. The van der Waals surface area contributed by atoms with Gasteiger partial charge in [-0.3, -0.25) is 0 Å². The van der Waals surface area contributed by atoms with Crippen LogP contribution in [0.15, 0.2) is 91.0 Å². The maximum atomic E-state index is 10.7. The molecular weight excluding hydrogens is 404 g/mol. The highest BCUT2D eigenvalue weighted by atomic mass is 16.7. The fourth-order valence-corrected chi connectivity index (χ4v) is 3.89. The predicted molar refractivity (Wildman–Crippen MR) is 122 cm³/mol. The highest BCUT2D eigenvalue weighted by Crippen LogP contribution is 2.29. The number of aliphatic hydroxyl groups is 1. The highest BCUT2D eigenvalue weighted by Gasteiger charge is 2.46. The summed E-state index contributed by atoms with van der Waals surface area (Å²) >= 11 is 0. The molecule has 1 saturated heterocycles. The van der Waals surface area contributed by atoms with Gasteiger partial charge in [0.05, 0.1) is 25.9 Å². The van der Waals surface area contributed by atoms with Gasteiger partial charge in [-0.1, -0.05) is 91.0 Å². The van der Waals surface area contributed by atoms with Crippen molar-refractivity contribution in [2.24, 2.45) is 0 Å². The Morgan fingerprint density at radius 3 is 1.41 bits per heavy atom. The molecule has 0 saturated carbocycles. The molecule has 3 aromatic rings. The summed E-state index contributed by atoms with van der Waals surface area (Å²) in [7, 11) is 0. The van der Waals surface area contributed by atoms with Gasteiger partial charge in [-0.2, -0.15) is 0 Å². The van der Waals surface area contributed by atoms with Crippen molar-refractivity contribution in [1.29, 1.82) is 0 Å². The average Bonchev–Trinajstić information content (AvgIpc) is 2.83. The van der Waals surface area contributed by atoms with Crippen LogP contribution >= 0.6 is 0 Å². The molecule has 0 spiro atoms. The maximum Gasteiger partial charge on any atom is 0.184 e. The van der Waals surface area contributed by atoms with Crippen LogP contribution in [0.2, 0.25) is 0 Å². The molecule has 1 heterocycles. The van der Waals surface area contributed by atoms with E-state index in [0.717, 1.165) is 16.7 Å². The normalized spacial score (nSPS) is 25.5. The van der Waals surface area contributed by atoms with Crippen molar-refractivity contribution in [3.05, 3.63) is 108 Å². The Morgan fingerprint density at radius 1 is 0.594 bits per heavy atom. The molecule has 0 radical (unpaired) electrons. The third-order valence-electron chi connectivity index (χ3n) is 5.60. The summed E-state index contributed by atoms with van der Waals surface area (Å²) in [5.41, 5.74) is 3.13. The van der Waals surface area contributed by atoms with Crippen molar-refractivity contribution >= 4 is 0 Å². The zero-order valence-corrected chi connectivity index (χ0v) is 18.2. The first-order valence-electron chi connectivity index (χ1n) is 11.0. The van der Waals surface area contributed by atoms with Crippen molar-refractivity contribution in [2.45, 2.75) is 57.5 Å². The van der Waals surface area contributed by atoms with Crippen LogP contribution in [0.5, 0.6) is 0 Å². The SMILES string of the molecule is C[C@@H]1O[C@H](O)[C@H](OCc2ccccc2)[C@H](OCc2ccccc2)[C@H]1OCc1ccccc1. The fourth-order valence-electron chi connectivity index (χ4n) is 3.89. The molecule has 5 atom stereocenters. The molecule has 0 aliphatic carbocycles. The van der Waals surface area contributed by atoms with Crippen molar-refractivity contribution < 1.29 is 24.1 Å². The Morgan fingerprint density at radius 2 is 0.969 bits per heavy atom. The molecule has 0 bridgehead atoms. The summed E-state index contributed by atoms with van der Waals surface area (Å²) in [5, 5.41) is 10.7. The number of rotatable bonds is 9. The van der Waals surface area contributed by atoms with Gasteiger partial charge in [0.25, 0.3) is 0 Å². The number of hydrogen-bond acceptors (Lipinski definition) is 5. The van der Waals surface area contributed by atoms with Crippen LogP contribution in [0.4, 0.5) is 0 Å². The first-order valence-corrected chi connectivity index (χ1v) is 11.0. The maximum absolute atomic E-state index is 10.7. The fraction of sp³-hybridized carbons (Fsp3) is 0.333. The molecular formula is C27H30O5. The van der Waals surface area contributed by atoms with Gasteiger partial charge in [-0.15, -0.1) is 0 Å². The van der Waals surface area contributed by atoms with E-state index in [1.54, 1.807) is 0 Å². The second-order valence-electron chi connectivity index (χ2n) is 8.02. The van der Waals surface area contributed by atoms with Crippen LogP contribution in [0.25, 0.3) is 0 Å². The number of aliphatic hydroxyl groups excluding tert-OH is 1. The Labute approximate surface area is 189 Å². The van der Waals surface area contributed by atoms with Crippen LogP contribution in [0, 0.1) is 0 Å². The Bertz CT molecular complexity index is 863.